The predicted octanol–water partition coefficient (Wildman–Crippen LogP) is -2.51. The van der Waals surface area contributed by atoms with Gasteiger partial charge in [0.05, 0.1) is 18.0 Å². The van der Waals surface area contributed by atoms with Gasteiger partial charge in [0.25, 0.3) is 11.8 Å². The minimum Gasteiger partial charge on any atom is -0.477 e. The standard InChI is InChI=1S/C18H20N12O5S3/c1-35-26-8(7-5-38-18(21)23-7)13(31)24-9-14(32)30-10(16(33)34)6(4-37-15(9)30)11(36)12-25-27-28-29(12)3-2-22-17(19)20/h5,9,15H,2-4H2,1H3,(H2,21,23)(H,24,31)(H,33,34)(H4,19,20,22)/b26-8-/t9-,15+/m1/s1. The number of hydrogen-bond acceptors (Lipinski definition) is 14. The van der Waals surface area contributed by atoms with E-state index < -0.39 is 29.2 Å². The summed E-state index contributed by atoms with van der Waals surface area (Å²) in [6.07, 6.45) is 0. The van der Waals surface area contributed by atoms with E-state index in [-0.39, 0.29) is 63.3 Å². The average molecular weight is 581 g/mol. The quantitative estimate of drug-likeness (QED) is 0.0486. The maximum atomic E-state index is 13.1. The van der Waals surface area contributed by atoms with Gasteiger partial charge in [0.1, 0.15) is 29.9 Å². The van der Waals surface area contributed by atoms with Crippen molar-refractivity contribution < 1.29 is 24.3 Å². The summed E-state index contributed by atoms with van der Waals surface area (Å²) in [7, 11) is 1.25. The molecule has 0 aromatic carbocycles. The predicted molar refractivity (Wildman–Crippen MR) is 140 cm³/mol. The van der Waals surface area contributed by atoms with Gasteiger partial charge in [0.2, 0.25) is 0 Å². The molecule has 2 aliphatic heterocycles. The molecule has 38 heavy (non-hydrogen) atoms. The zero-order valence-electron chi connectivity index (χ0n) is 19.5. The molecule has 0 saturated carbocycles. The number of carboxylic acids is 1. The number of nitrogen functional groups attached to an aromatic ring is 1. The summed E-state index contributed by atoms with van der Waals surface area (Å²) in [4.78, 5) is 52.0. The number of nitrogens with zero attached hydrogens (tertiary/aromatic N) is 8. The molecule has 0 spiro atoms. The van der Waals surface area contributed by atoms with Gasteiger partial charge in [-0.3, -0.25) is 19.5 Å². The number of β-lactam (4-membered cyclic amide) rings is 1. The third kappa shape index (κ3) is 5.13. The number of carbonyl (C=O) groups excluding carboxylic acids is 2. The summed E-state index contributed by atoms with van der Waals surface area (Å²) >= 11 is 7.83. The zero-order valence-corrected chi connectivity index (χ0v) is 21.9. The first-order chi connectivity index (χ1) is 18.1. The van der Waals surface area contributed by atoms with Crippen LogP contribution < -0.4 is 22.5 Å². The van der Waals surface area contributed by atoms with Crippen molar-refractivity contribution in [2.24, 2.45) is 21.6 Å². The van der Waals surface area contributed by atoms with Crippen LogP contribution in [0.1, 0.15) is 11.5 Å². The molecular weight excluding hydrogens is 560 g/mol. The van der Waals surface area contributed by atoms with E-state index in [1.165, 1.54) is 28.9 Å². The second-order valence-corrected chi connectivity index (χ2v) is 9.95. The number of thiocarbonyl (C=S) groups is 1. The topological polar surface area (TPSA) is 255 Å². The fourth-order valence-corrected chi connectivity index (χ4v) is 5.93. The summed E-state index contributed by atoms with van der Waals surface area (Å²) in [6.45, 7) is 0.344. The minimum atomic E-state index is -1.37. The molecule has 2 amide bonds. The Balaban J connectivity index is 1.55. The van der Waals surface area contributed by atoms with E-state index >= 15 is 0 Å². The number of tetrazole rings is 1. The number of aliphatic imine (C=N–C) groups is 1. The lowest BCUT2D eigenvalue weighted by Crippen LogP contribution is -2.71. The molecule has 20 heteroatoms. The van der Waals surface area contributed by atoms with Gasteiger partial charge in [-0.15, -0.1) is 28.2 Å². The minimum absolute atomic E-state index is 0.0546. The van der Waals surface area contributed by atoms with E-state index in [2.05, 4.69) is 36.0 Å². The number of rotatable bonds is 10. The number of guanidine groups is 1. The lowest BCUT2D eigenvalue weighted by atomic mass is 10.0. The Morgan fingerprint density at radius 2 is 2.16 bits per heavy atom. The van der Waals surface area contributed by atoms with Crippen molar-refractivity contribution in [2.45, 2.75) is 18.0 Å². The van der Waals surface area contributed by atoms with Crippen LogP contribution in [-0.2, 0) is 25.8 Å². The lowest BCUT2D eigenvalue weighted by Gasteiger charge is -2.49. The van der Waals surface area contributed by atoms with Gasteiger partial charge in [-0.2, -0.15) is 0 Å². The van der Waals surface area contributed by atoms with E-state index in [1.54, 1.807) is 0 Å². The summed E-state index contributed by atoms with van der Waals surface area (Å²) in [5, 5.41) is 28.6. The van der Waals surface area contributed by atoms with E-state index in [9.17, 15) is 19.5 Å². The van der Waals surface area contributed by atoms with Crippen LogP contribution in [0.3, 0.4) is 0 Å². The van der Waals surface area contributed by atoms with Crippen LogP contribution in [0, 0.1) is 0 Å². The zero-order chi connectivity index (χ0) is 27.6. The Morgan fingerprint density at radius 1 is 1.39 bits per heavy atom. The van der Waals surface area contributed by atoms with Crippen molar-refractivity contribution in [3.8, 4) is 0 Å². The smallest absolute Gasteiger partial charge is 0.353 e. The first kappa shape index (κ1) is 26.9. The van der Waals surface area contributed by atoms with Gasteiger partial charge in [0.15, 0.2) is 22.6 Å². The van der Waals surface area contributed by atoms with E-state index in [4.69, 9.17) is 34.3 Å². The largest absolute Gasteiger partial charge is 0.477 e. The van der Waals surface area contributed by atoms with Crippen LogP contribution in [0.5, 0.6) is 0 Å². The molecule has 0 radical (unpaired) electrons. The van der Waals surface area contributed by atoms with E-state index in [0.29, 0.717) is 0 Å². The summed E-state index contributed by atoms with van der Waals surface area (Å²) in [5.74, 6) is -2.62. The molecule has 2 aromatic rings. The van der Waals surface area contributed by atoms with Crippen molar-refractivity contribution in [3.05, 3.63) is 28.2 Å². The average Bonchev–Trinajstić information content (AvgIpc) is 3.52. The monoisotopic (exact) mass is 580 g/mol. The summed E-state index contributed by atoms with van der Waals surface area (Å²) in [5.41, 5.74) is 16.2. The van der Waals surface area contributed by atoms with Crippen molar-refractivity contribution in [1.29, 1.82) is 0 Å². The Morgan fingerprint density at radius 3 is 2.79 bits per heavy atom. The number of thioether (sulfide) groups is 1. The normalized spacial score (nSPS) is 18.9. The number of nitrogens with two attached hydrogens (primary N) is 3. The molecule has 0 unspecified atom stereocenters. The Hall–Kier alpha value is -4.17. The highest BCUT2D eigenvalue weighted by molar-refractivity contribution is 8.00. The third-order valence-corrected chi connectivity index (χ3v) is 7.62. The second kappa shape index (κ2) is 11.1. The van der Waals surface area contributed by atoms with Gasteiger partial charge < -0.3 is 32.5 Å². The maximum Gasteiger partial charge on any atom is 0.353 e. The molecule has 4 heterocycles. The van der Waals surface area contributed by atoms with Crippen LogP contribution in [0.25, 0.3) is 0 Å². The number of hydrogen-bond donors (Lipinski definition) is 5. The molecule has 2 aromatic heterocycles. The molecule has 0 bridgehead atoms. The number of anilines is 1. The van der Waals surface area contributed by atoms with Crippen molar-refractivity contribution in [2.75, 3.05) is 25.1 Å². The highest BCUT2D eigenvalue weighted by Crippen LogP contribution is 2.41. The Kier molecular flexibility index (Phi) is 7.83. The van der Waals surface area contributed by atoms with Gasteiger partial charge in [-0.25, -0.2) is 14.5 Å². The number of nitrogens with one attached hydrogen (secondary N) is 1. The first-order valence-corrected chi connectivity index (χ1v) is 12.9. The third-order valence-electron chi connectivity index (χ3n) is 5.23. The second-order valence-electron chi connectivity index (χ2n) is 7.55. The molecule has 8 N–H and O–H groups in total. The number of aliphatic carboxylic acids is 1. The fraction of sp³-hybridized carbons (Fsp3) is 0.333. The maximum absolute atomic E-state index is 13.1. The molecule has 1 saturated heterocycles. The molecule has 0 aliphatic carbocycles. The molecule has 4 rings (SSSR count). The number of amides is 2. The molecule has 17 nitrogen and oxygen atoms in total. The highest BCUT2D eigenvalue weighted by Gasteiger charge is 2.55. The SMILES string of the molecule is CO/N=C(\C(=O)N[C@@H]1C(=O)N2C(C(=O)O)=C(C(=S)c3nnnn3CCN=C(N)N)CS[C@@H]12)c1csc(N)n1. The first-order valence-electron chi connectivity index (χ1n) is 10.5. The fourth-order valence-electron chi connectivity index (χ4n) is 3.62. The van der Waals surface area contributed by atoms with Crippen LogP contribution in [0.15, 0.2) is 26.8 Å². The molecule has 200 valence electrons. The molecule has 2 atom stereocenters. The molecule has 1 fully saturated rings. The van der Waals surface area contributed by atoms with Crippen LogP contribution >= 0.6 is 35.3 Å². The van der Waals surface area contributed by atoms with Crippen LogP contribution in [0.4, 0.5) is 5.13 Å². The van der Waals surface area contributed by atoms with Crippen LogP contribution in [-0.4, -0.2) is 100 Å². The van der Waals surface area contributed by atoms with Gasteiger partial charge >= 0.3 is 5.97 Å². The number of fused-ring (bicyclic) bond motifs is 1. The highest BCUT2D eigenvalue weighted by atomic mass is 32.2. The van der Waals surface area contributed by atoms with Gasteiger partial charge in [0, 0.05) is 16.7 Å². The van der Waals surface area contributed by atoms with Crippen molar-refractivity contribution in [3.63, 3.8) is 0 Å². The lowest BCUT2D eigenvalue weighted by molar-refractivity contribution is -0.150. The number of aromatic nitrogens is 5. The van der Waals surface area contributed by atoms with Crippen molar-refractivity contribution >= 4 is 74.8 Å². The molecule has 2 aliphatic rings. The van der Waals surface area contributed by atoms with E-state index in [0.717, 1.165) is 16.2 Å². The summed E-state index contributed by atoms with van der Waals surface area (Å²) < 4.78 is 1.33. The Labute approximate surface area is 227 Å². The van der Waals surface area contributed by atoms with E-state index in [1.807, 2.05) is 0 Å². The number of oxime groups is 1. The Bertz CT molecular complexity index is 1390. The van der Waals surface area contributed by atoms with Crippen LogP contribution in [0.2, 0.25) is 0 Å². The van der Waals surface area contributed by atoms with Crippen molar-refractivity contribution in [1.82, 2.24) is 35.4 Å². The number of carboxylic acid groups (broad SMARTS) is 1. The van der Waals surface area contributed by atoms with Gasteiger partial charge in [-0.1, -0.05) is 17.4 Å². The number of carbonyl (C=O) groups is 3. The number of thiazole rings is 1. The summed E-state index contributed by atoms with van der Waals surface area (Å²) in [6, 6.07) is -1.03. The molecular formula is C18H20N12O5S3. The van der Waals surface area contributed by atoms with Gasteiger partial charge in [-0.05, 0) is 10.4 Å².